The molecule has 1 atom stereocenters. The highest BCUT2D eigenvalue weighted by atomic mass is 35.5. The van der Waals surface area contributed by atoms with Crippen molar-refractivity contribution in [2.75, 3.05) is 13.2 Å². The number of hydrogen-bond donors (Lipinski definition) is 1. The average molecular weight is 451 g/mol. The summed E-state index contributed by atoms with van der Waals surface area (Å²) in [5.41, 5.74) is 0.885. The lowest BCUT2D eigenvalue weighted by atomic mass is 10.1. The molecule has 0 aliphatic carbocycles. The Balaban J connectivity index is 2.16. The van der Waals surface area contributed by atoms with Gasteiger partial charge < -0.3 is 15.0 Å². The van der Waals surface area contributed by atoms with Crippen molar-refractivity contribution in [2.24, 2.45) is 0 Å². The summed E-state index contributed by atoms with van der Waals surface area (Å²) in [6.45, 7) is 4.64. The summed E-state index contributed by atoms with van der Waals surface area (Å²) in [6, 6.07) is 13.5. The Morgan fingerprint density at radius 2 is 1.80 bits per heavy atom. The predicted octanol–water partition coefficient (Wildman–Crippen LogP) is 5.10. The van der Waals surface area contributed by atoms with Crippen LogP contribution in [0.2, 0.25) is 10.0 Å². The van der Waals surface area contributed by atoms with Gasteiger partial charge in [0.15, 0.2) is 6.61 Å². The molecule has 30 heavy (non-hydrogen) atoms. The minimum absolute atomic E-state index is 0.156. The Labute approximate surface area is 188 Å². The van der Waals surface area contributed by atoms with Crippen LogP contribution in [0.25, 0.3) is 0 Å². The molecule has 162 valence electrons. The molecule has 0 spiro atoms. The maximum absolute atomic E-state index is 13.1. The molecule has 5 nitrogen and oxygen atoms in total. The maximum atomic E-state index is 13.1. The monoisotopic (exact) mass is 450 g/mol. The highest BCUT2D eigenvalue weighted by molar-refractivity contribution is 6.30. The van der Waals surface area contributed by atoms with E-state index in [2.05, 4.69) is 12.2 Å². The molecule has 0 unspecified atom stereocenters. The Bertz CT molecular complexity index is 827. The molecule has 7 heteroatoms. The van der Waals surface area contributed by atoms with Gasteiger partial charge in [-0.2, -0.15) is 0 Å². The molecular weight excluding hydrogens is 423 g/mol. The van der Waals surface area contributed by atoms with E-state index in [1.165, 1.54) is 0 Å². The van der Waals surface area contributed by atoms with E-state index >= 15 is 0 Å². The smallest absolute Gasteiger partial charge is 0.261 e. The maximum Gasteiger partial charge on any atom is 0.261 e. The molecule has 0 aliphatic rings. The van der Waals surface area contributed by atoms with Crippen molar-refractivity contribution in [1.82, 2.24) is 10.2 Å². The Hall–Kier alpha value is -2.24. The summed E-state index contributed by atoms with van der Waals surface area (Å²) in [5.74, 6) is 0.0705. The number of ether oxygens (including phenoxy) is 1. The van der Waals surface area contributed by atoms with Crippen molar-refractivity contribution >= 4 is 35.0 Å². The van der Waals surface area contributed by atoms with Crippen molar-refractivity contribution in [3.63, 3.8) is 0 Å². The van der Waals surface area contributed by atoms with Gasteiger partial charge in [-0.1, -0.05) is 61.7 Å². The lowest BCUT2D eigenvalue weighted by molar-refractivity contribution is -0.143. The van der Waals surface area contributed by atoms with E-state index in [9.17, 15) is 9.59 Å². The summed E-state index contributed by atoms with van der Waals surface area (Å²) in [5, 5.41) is 4.08. The number of unbranched alkanes of at least 4 members (excludes halogenated alkanes) is 1. The number of nitrogens with one attached hydrogen (secondary N) is 1. The summed E-state index contributed by atoms with van der Waals surface area (Å²) in [7, 11) is 0. The first-order valence-corrected chi connectivity index (χ1v) is 10.9. The van der Waals surface area contributed by atoms with Crippen molar-refractivity contribution in [2.45, 2.75) is 45.7 Å². The van der Waals surface area contributed by atoms with Crippen LogP contribution in [0.15, 0.2) is 48.5 Å². The van der Waals surface area contributed by atoms with Gasteiger partial charge in [0, 0.05) is 23.1 Å². The molecule has 0 saturated carbocycles. The number of hydrogen-bond acceptors (Lipinski definition) is 3. The Morgan fingerprint density at radius 3 is 2.43 bits per heavy atom. The number of nitrogens with zero attached hydrogens (tertiary/aromatic N) is 1. The lowest BCUT2D eigenvalue weighted by Gasteiger charge is -2.30. The Kier molecular flexibility index (Phi) is 9.98. The molecule has 0 aromatic heterocycles. The van der Waals surface area contributed by atoms with Crippen molar-refractivity contribution in [3.8, 4) is 5.75 Å². The van der Waals surface area contributed by atoms with Crippen LogP contribution < -0.4 is 10.1 Å². The molecule has 2 amide bonds. The van der Waals surface area contributed by atoms with Gasteiger partial charge in [0.2, 0.25) is 5.91 Å². The van der Waals surface area contributed by atoms with E-state index in [-0.39, 0.29) is 25.0 Å². The van der Waals surface area contributed by atoms with Crippen LogP contribution in [0.3, 0.4) is 0 Å². The average Bonchev–Trinajstić information content (AvgIpc) is 2.73. The fourth-order valence-electron chi connectivity index (χ4n) is 3.00. The molecule has 2 aromatic carbocycles. The third-order valence-corrected chi connectivity index (χ3v) is 5.13. The Morgan fingerprint density at radius 1 is 1.07 bits per heavy atom. The zero-order valence-corrected chi connectivity index (χ0v) is 18.9. The van der Waals surface area contributed by atoms with Gasteiger partial charge in [0.1, 0.15) is 11.8 Å². The first-order valence-electron chi connectivity index (χ1n) is 10.1. The molecule has 0 heterocycles. The molecule has 2 rings (SSSR count). The first kappa shape index (κ1) is 24.0. The zero-order valence-electron chi connectivity index (χ0n) is 17.4. The lowest BCUT2D eigenvalue weighted by Crippen LogP contribution is -2.50. The number of amides is 2. The minimum atomic E-state index is -0.590. The topological polar surface area (TPSA) is 58.6 Å². The quantitative estimate of drug-likeness (QED) is 0.484. The normalized spacial score (nSPS) is 11.6. The summed E-state index contributed by atoms with van der Waals surface area (Å²) in [4.78, 5) is 27.4. The van der Waals surface area contributed by atoms with Gasteiger partial charge in [-0.3, -0.25) is 9.59 Å². The number of carbonyl (C=O) groups is 2. The fraction of sp³-hybridized carbons (Fsp3) is 0.391. The van der Waals surface area contributed by atoms with E-state index in [1.807, 2.05) is 19.1 Å². The van der Waals surface area contributed by atoms with Crippen molar-refractivity contribution < 1.29 is 14.3 Å². The van der Waals surface area contributed by atoms with Gasteiger partial charge in [0.05, 0.1) is 0 Å². The van der Waals surface area contributed by atoms with E-state index in [4.69, 9.17) is 27.9 Å². The van der Waals surface area contributed by atoms with E-state index in [0.29, 0.717) is 28.8 Å². The van der Waals surface area contributed by atoms with Crippen LogP contribution in [0, 0.1) is 0 Å². The molecule has 0 radical (unpaired) electrons. The third kappa shape index (κ3) is 7.54. The van der Waals surface area contributed by atoms with Crippen LogP contribution >= 0.6 is 23.2 Å². The van der Waals surface area contributed by atoms with Gasteiger partial charge in [-0.05, 0) is 48.7 Å². The van der Waals surface area contributed by atoms with E-state index in [1.54, 1.807) is 41.3 Å². The standard InChI is InChI=1S/C23H28Cl2N2O3/c1-3-5-13-26-23(29)21(4-2)27(15-17-9-11-18(24)12-10-17)22(28)16-30-20-8-6-7-19(25)14-20/h6-12,14,21H,3-5,13,15-16H2,1-2H3,(H,26,29)/t21-/m0/s1. The SMILES string of the molecule is CCCCNC(=O)[C@H](CC)N(Cc1ccc(Cl)cc1)C(=O)COc1cccc(Cl)c1. The zero-order chi connectivity index (χ0) is 21.9. The van der Waals surface area contributed by atoms with Crippen LogP contribution in [0.1, 0.15) is 38.7 Å². The van der Waals surface area contributed by atoms with Crippen LogP contribution in [0.4, 0.5) is 0 Å². The summed E-state index contributed by atoms with van der Waals surface area (Å²) >= 11 is 12.0. The molecule has 2 aromatic rings. The largest absolute Gasteiger partial charge is 0.484 e. The van der Waals surface area contributed by atoms with E-state index in [0.717, 1.165) is 18.4 Å². The molecule has 0 saturated heterocycles. The van der Waals surface area contributed by atoms with Crippen molar-refractivity contribution in [1.29, 1.82) is 0 Å². The molecule has 0 bridgehead atoms. The van der Waals surface area contributed by atoms with Crippen LogP contribution in [-0.4, -0.2) is 35.9 Å². The van der Waals surface area contributed by atoms with Gasteiger partial charge in [-0.25, -0.2) is 0 Å². The highest BCUT2D eigenvalue weighted by Gasteiger charge is 2.28. The fourth-order valence-corrected chi connectivity index (χ4v) is 3.30. The molecule has 0 fully saturated rings. The second-order valence-corrected chi connectivity index (χ2v) is 7.84. The van der Waals surface area contributed by atoms with Crippen LogP contribution in [-0.2, 0) is 16.1 Å². The van der Waals surface area contributed by atoms with Crippen molar-refractivity contribution in [3.05, 3.63) is 64.1 Å². The predicted molar refractivity (Wildman–Crippen MR) is 121 cm³/mol. The molecule has 0 aliphatic heterocycles. The second kappa shape index (κ2) is 12.5. The molecular formula is C23H28Cl2N2O3. The highest BCUT2D eigenvalue weighted by Crippen LogP contribution is 2.19. The number of rotatable bonds is 11. The second-order valence-electron chi connectivity index (χ2n) is 6.96. The van der Waals surface area contributed by atoms with E-state index < -0.39 is 6.04 Å². The van der Waals surface area contributed by atoms with Gasteiger partial charge in [0.25, 0.3) is 5.91 Å². The molecule has 1 N–H and O–H groups in total. The number of halogens is 2. The summed E-state index contributed by atoms with van der Waals surface area (Å²) < 4.78 is 5.63. The van der Waals surface area contributed by atoms with Gasteiger partial charge in [-0.15, -0.1) is 0 Å². The number of carbonyl (C=O) groups excluding carboxylic acids is 2. The van der Waals surface area contributed by atoms with Gasteiger partial charge >= 0.3 is 0 Å². The third-order valence-electron chi connectivity index (χ3n) is 4.64. The first-order chi connectivity index (χ1) is 14.4. The van der Waals surface area contributed by atoms with Crippen LogP contribution in [0.5, 0.6) is 5.75 Å². The number of benzene rings is 2. The minimum Gasteiger partial charge on any atom is -0.484 e. The summed E-state index contributed by atoms with van der Waals surface area (Å²) in [6.07, 6.45) is 2.37.